The van der Waals surface area contributed by atoms with Crippen molar-refractivity contribution in [3.8, 4) is 0 Å². The van der Waals surface area contributed by atoms with Crippen molar-refractivity contribution in [3.05, 3.63) is 48.0 Å². The summed E-state index contributed by atoms with van der Waals surface area (Å²) in [6.07, 6.45) is -5.64. The van der Waals surface area contributed by atoms with Crippen LogP contribution in [0.5, 0.6) is 0 Å². The summed E-state index contributed by atoms with van der Waals surface area (Å²) in [5, 5.41) is 56.7. The van der Waals surface area contributed by atoms with Gasteiger partial charge in [0.1, 0.15) is 23.9 Å². The largest absolute Gasteiger partial charge is 0.390 e. The number of likely N-dealkylation sites (N-methyl/N-ethyl adjacent to an activating group) is 2. The number of hydrogen-bond acceptors (Lipinski definition) is 10. The summed E-state index contributed by atoms with van der Waals surface area (Å²) in [5.74, 6) is -2.22. The van der Waals surface area contributed by atoms with Gasteiger partial charge in [0.25, 0.3) is 0 Å². The minimum atomic E-state index is -2.22. The number of aliphatic hydroxyl groups excluding tert-OH is 2. The molecule has 2 aliphatic heterocycles. The number of benzene rings is 2. The molecule has 0 bridgehead atoms. The molecule has 0 radical (unpaired) electrons. The molecule has 10 unspecified atom stereocenters. The first-order valence-electron chi connectivity index (χ1n) is 12.5. The van der Waals surface area contributed by atoms with Crippen LogP contribution in [0.4, 0.5) is 0 Å². The van der Waals surface area contributed by atoms with Crippen molar-refractivity contribution in [2.75, 3.05) is 20.6 Å². The second-order valence-electron chi connectivity index (χ2n) is 10.3. The van der Waals surface area contributed by atoms with Crippen LogP contribution in [0, 0.1) is 0 Å². The van der Waals surface area contributed by atoms with Gasteiger partial charge in [-0.05, 0) is 43.4 Å². The molecule has 3 aliphatic rings. The quantitative estimate of drug-likeness (QED) is 0.267. The lowest BCUT2D eigenvalue weighted by Crippen LogP contribution is -2.81. The molecule has 10 atom stereocenters. The molecule has 10 heteroatoms. The predicted molar refractivity (Wildman–Crippen MR) is 132 cm³/mol. The van der Waals surface area contributed by atoms with Crippen LogP contribution in [0.1, 0.15) is 18.9 Å². The zero-order valence-electron chi connectivity index (χ0n) is 20.8. The molecule has 2 heterocycles. The topological polar surface area (TPSA) is 145 Å². The Hall–Kier alpha value is -1.70. The number of ether oxygens (including phenoxy) is 3. The van der Waals surface area contributed by atoms with Crippen molar-refractivity contribution in [1.29, 1.82) is 0 Å². The zero-order valence-corrected chi connectivity index (χ0v) is 20.8. The smallest absolute Gasteiger partial charge is 0.249 e. The Kier molecular flexibility index (Phi) is 7.12. The molecule has 10 nitrogen and oxygen atoms in total. The van der Waals surface area contributed by atoms with Crippen LogP contribution in [0.15, 0.2) is 42.5 Å². The zero-order chi connectivity index (χ0) is 25.7. The molecule has 0 aromatic heterocycles. The highest BCUT2D eigenvalue weighted by molar-refractivity contribution is 5.82. The summed E-state index contributed by atoms with van der Waals surface area (Å²) < 4.78 is 18.1. The highest BCUT2D eigenvalue weighted by Crippen LogP contribution is 2.46. The van der Waals surface area contributed by atoms with Gasteiger partial charge in [0.2, 0.25) is 12.1 Å². The van der Waals surface area contributed by atoms with E-state index < -0.39 is 60.3 Å². The summed E-state index contributed by atoms with van der Waals surface area (Å²) in [5.41, 5.74) is -0.723. The summed E-state index contributed by atoms with van der Waals surface area (Å²) in [4.78, 5) is 0. The number of rotatable bonds is 6. The van der Waals surface area contributed by atoms with E-state index in [1.54, 1.807) is 21.0 Å². The van der Waals surface area contributed by atoms with Crippen LogP contribution in [0.3, 0.4) is 0 Å². The van der Waals surface area contributed by atoms with E-state index >= 15 is 0 Å². The lowest BCUT2D eigenvalue weighted by molar-refractivity contribution is -0.482. The van der Waals surface area contributed by atoms with Gasteiger partial charge < -0.3 is 50.6 Å². The molecule has 2 saturated heterocycles. The maximum Gasteiger partial charge on any atom is 0.249 e. The molecule has 2 aromatic carbocycles. The predicted octanol–water partition coefficient (Wildman–Crippen LogP) is -0.821. The van der Waals surface area contributed by atoms with E-state index in [0.29, 0.717) is 6.54 Å². The van der Waals surface area contributed by atoms with Gasteiger partial charge in [0, 0.05) is 19.5 Å². The van der Waals surface area contributed by atoms with Gasteiger partial charge in [0.05, 0.1) is 24.3 Å². The van der Waals surface area contributed by atoms with Crippen molar-refractivity contribution in [3.63, 3.8) is 0 Å². The van der Waals surface area contributed by atoms with Crippen molar-refractivity contribution >= 4 is 10.8 Å². The van der Waals surface area contributed by atoms with Crippen LogP contribution in [-0.4, -0.2) is 101 Å². The molecule has 36 heavy (non-hydrogen) atoms. The highest BCUT2D eigenvalue weighted by Gasteiger charge is 2.68. The fraction of sp³-hybridized carbons (Fsp3) is 0.615. The molecule has 198 valence electrons. The lowest BCUT2D eigenvalue weighted by atomic mass is 9.77. The summed E-state index contributed by atoms with van der Waals surface area (Å²) >= 11 is 0. The third-order valence-corrected chi connectivity index (χ3v) is 7.91. The first kappa shape index (κ1) is 25.9. The van der Waals surface area contributed by atoms with Gasteiger partial charge in [-0.25, -0.2) is 0 Å². The third-order valence-electron chi connectivity index (χ3n) is 7.91. The molecule has 2 aromatic rings. The van der Waals surface area contributed by atoms with Gasteiger partial charge in [-0.15, -0.1) is 0 Å². The van der Waals surface area contributed by atoms with E-state index in [0.717, 1.165) is 16.3 Å². The standard InChI is InChI=1S/C26H37N3O7/c1-14-11-25(32,13-29-12-15-8-9-16-6-4-5-7-17(16)10-15)26(33)24(34-14)35-23-21(31)18(27-2)20(30)19(28-3)22(23)36-26/h4-10,14,18-24,27-33H,11-13H2,1-3H3. The van der Waals surface area contributed by atoms with E-state index in [2.05, 4.69) is 34.1 Å². The Balaban J connectivity index is 1.36. The van der Waals surface area contributed by atoms with Crippen molar-refractivity contribution in [2.24, 2.45) is 0 Å². The Morgan fingerprint density at radius 1 is 0.917 bits per heavy atom. The molecule has 7 N–H and O–H groups in total. The highest BCUT2D eigenvalue weighted by atomic mass is 16.8. The molecular weight excluding hydrogens is 466 g/mol. The van der Waals surface area contributed by atoms with E-state index in [9.17, 15) is 20.4 Å². The first-order valence-corrected chi connectivity index (χ1v) is 12.5. The first-order chi connectivity index (χ1) is 17.2. The SMILES string of the molecule is CNC1C(O)C(NC)C2OC3(O)C(OC(C)CC3(O)CNCc3ccc4ccccc4c3)OC2C1O. The van der Waals surface area contributed by atoms with Gasteiger partial charge >= 0.3 is 0 Å². The maximum atomic E-state index is 11.8. The van der Waals surface area contributed by atoms with Gasteiger partial charge in [-0.1, -0.05) is 36.4 Å². The second kappa shape index (κ2) is 9.88. The maximum absolute atomic E-state index is 11.8. The Morgan fingerprint density at radius 3 is 2.36 bits per heavy atom. The molecular formula is C26H37N3O7. The third kappa shape index (κ3) is 4.25. The fourth-order valence-electron chi connectivity index (χ4n) is 5.99. The molecule has 1 saturated carbocycles. The molecule has 5 rings (SSSR count). The average molecular weight is 504 g/mol. The van der Waals surface area contributed by atoms with Gasteiger partial charge in [-0.2, -0.15) is 0 Å². The fourth-order valence-corrected chi connectivity index (χ4v) is 5.99. The average Bonchev–Trinajstić information content (AvgIpc) is 2.85. The number of nitrogens with one attached hydrogen (secondary N) is 3. The monoisotopic (exact) mass is 503 g/mol. The van der Waals surface area contributed by atoms with Crippen LogP contribution < -0.4 is 16.0 Å². The van der Waals surface area contributed by atoms with Gasteiger partial charge in [0.15, 0.2) is 0 Å². The Morgan fingerprint density at radius 2 is 1.64 bits per heavy atom. The number of aliphatic hydroxyl groups is 4. The molecule has 0 spiro atoms. The lowest BCUT2D eigenvalue weighted by Gasteiger charge is -2.60. The molecule has 1 aliphatic carbocycles. The molecule has 0 amide bonds. The Bertz CT molecular complexity index is 1070. The van der Waals surface area contributed by atoms with E-state index in [1.807, 2.05) is 24.3 Å². The van der Waals surface area contributed by atoms with Crippen LogP contribution in [0.2, 0.25) is 0 Å². The number of fused-ring (bicyclic) bond motifs is 3. The minimum absolute atomic E-state index is 0.00966. The van der Waals surface area contributed by atoms with Gasteiger partial charge in [-0.3, -0.25) is 0 Å². The van der Waals surface area contributed by atoms with Crippen molar-refractivity contribution in [2.45, 2.75) is 80.2 Å². The van der Waals surface area contributed by atoms with E-state index in [-0.39, 0.29) is 13.0 Å². The summed E-state index contributed by atoms with van der Waals surface area (Å²) in [6.45, 7) is 2.27. The van der Waals surface area contributed by atoms with Crippen LogP contribution in [0.25, 0.3) is 10.8 Å². The van der Waals surface area contributed by atoms with Crippen LogP contribution >= 0.6 is 0 Å². The van der Waals surface area contributed by atoms with Crippen molar-refractivity contribution < 1.29 is 34.6 Å². The minimum Gasteiger partial charge on any atom is -0.390 e. The van der Waals surface area contributed by atoms with Crippen LogP contribution in [-0.2, 0) is 20.8 Å². The van der Waals surface area contributed by atoms with E-state index in [4.69, 9.17) is 14.2 Å². The second-order valence-corrected chi connectivity index (χ2v) is 10.3. The summed E-state index contributed by atoms with van der Waals surface area (Å²) in [7, 11) is 3.30. The molecule has 3 fully saturated rings. The van der Waals surface area contributed by atoms with Crippen molar-refractivity contribution in [1.82, 2.24) is 16.0 Å². The number of hydrogen-bond donors (Lipinski definition) is 7. The normalized spacial score (nSPS) is 42.6. The summed E-state index contributed by atoms with van der Waals surface area (Å²) in [6, 6.07) is 12.9. The van der Waals surface area contributed by atoms with E-state index in [1.165, 1.54) is 0 Å². The Labute approximate surface area is 210 Å².